The number of benzene rings is 1. The van der Waals surface area contributed by atoms with Crippen molar-refractivity contribution >= 4 is 23.5 Å². The second-order valence-corrected chi connectivity index (χ2v) is 5.08. The van der Waals surface area contributed by atoms with Crippen LogP contribution >= 0.6 is 0 Å². The third-order valence-corrected chi connectivity index (χ3v) is 3.07. The molecule has 0 radical (unpaired) electrons. The monoisotopic (exact) mass is 332 g/mol. The standard InChI is InChI=1S/C16H20N4O4/c1-2-11(9-15(23)24)19-13(21)7-8-14(22)20-12-5-3-10(4-6-12)16(17)18/h1,3-6,11,16H,7-9,17-18H2,(H,19,21)(H,20,22)(H,23,24). The summed E-state index contributed by atoms with van der Waals surface area (Å²) in [6.07, 6.45) is 4.01. The maximum absolute atomic E-state index is 11.8. The number of terminal acetylenes is 1. The molecule has 1 atom stereocenters. The van der Waals surface area contributed by atoms with Crippen LogP contribution in [0.15, 0.2) is 24.3 Å². The van der Waals surface area contributed by atoms with Crippen LogP contribution in [0.1, 0.15) is 31.0 Å². The Morgan fingerprint density at radius 3 is 2.21 bits per heavy atom. The van der Waals surface area contributed by atoms with Gasteiger partial charge in [0.15, 0.2) is 0 Å². The van der Waals surface area contributed by atoms with Gasteiger partial charge in [-0.3, -0.25) is 14.4 Å². The first-order valence-electron chi connectivity index (χ1n) is 7.20. The molecular formula is C16H20N4O4. The third kappa shape index (κ3) is 6.91. The van der Waals surface area contributed by atoms with Gasteiger partial charge in [-0.05, 0) is 17.7 Å². The number of carboxylic acid groups (broad SMARTS) is 1. The largest absolute Gasteiger partial charge is 0.481 e. The summed E-state index contributed by atoms with van der Waals surface area (Å²) < 4.78 is 0. The minimum atomic E-state index is -1.11. The van der Waals surface area contributed by atoms with E-state index in [1.807, 2.05) is 0 Å². The van der Waals surface area contributed by atoms with Crippen molar-refractivity contribution in [2.24, 2.45) is 11.5 Å². The molecule has 0 aromatic heterocycles. The molecule has 0 aliphatic rings. The molecule has 0 bridgehead atoms. The highest BCUT2D eigenvalue weighted by Gasteiger charge is 2.14. The number of amides is 2. The quantitative estimate of drug-likeness (QED) is 0.332. The van der Waals surface area contributed by atoms with Crippen molar-refractivity contribution < 1.29 is 19.5 Å². The molecule has 1 unspecified atom stereocenters. The summed E-state index contributed by atoms with van der Waals surface area (Å²) in [5.41, 5.74) is 12.3. The Morgan fingerprint density at radius 2 is 1.71 bits per heavy atom. The lowest BCUT2D eigenvalue weighted by molar-refractivity contribution is -0.137. The van der Waals surface area contributed by atoms with Crippen LogP contribution in [0.2, 0.25) is 0 Å². The maximum atomic E-state index is 11.8. The lowest BCUT2D eigenvalue weighted by Gasteiger charge is -2.11. The van der Waals surface area contributed by atoms with Crippen LogP contribution in [0.25, 0.3) is 0 Å². The van der Waals surface area contributed by atoms with E-state index in [4.69, 9.17) is 23.0 Å². The zero-order valence-electron chi connectivity index (χ0n) is 13.0. The lowest BCUT2D eigenvalue weighted by Crippen LogP contribution is -2.35. The normalized spacial score (nSPS) is 11.4. The van der Waals surface area contributed by atoms with E-state index in [1.54, 1.807) is 24.3 Å². The summed E-state index contributed by atoms with van der Waals surface area (Å²) in [5.74, 6) is 0.215. The van der Waals surface area contributed by atoms with E-state index in [0.717, 1.165) is 5.56 Å². The van der Waals surface area contributed by atoms with Gasteiger partial charge < -0.3 is 27.2 Å². The van der Waals surface area contributed by atoms with Gasteiger partial charge in [0.05, 0.1) is 12.6 Å². The summed E-state index contributed by atoms with van der Waals surface area (Å²) in [5, 5.41) is 13.6. The fourth-order valence-electron chi connectivity index (χ4n) is 1.83. The zero-order chi connectivity index (χ0) is 18.1. The third-order valence-electron chi connectivity index (χ3n) is 3.07. The van der Waals surface area contributed by atoms with E-state index in [9.17, 15) is 14.4 Å². The predicted octanol–water partition coefficient (Wildman–Crippen LogP) is -0.0860. The number of hydrogen-bond donors (Lipinski definition) is 5. The summed E-state index contributed by atoms with van der Waals surface area (Å²) >= 11 is 0. The molecule has 8 nitrogen and oxygen atoms in total. The van der Waals surface area contributed by atoms with Gasteiger partial charge in [-0.1, -0.05) is 18.1 Å². The average molecular weight is 332 g/mol. The van der Waals surface area contributed by atoms with Gasteiger partial charge in [0.25, 0.3) is 0 Å². The number of nitrogens with two attached hydrogens (primary N) is 2. The Bertz CT molecular complexity index is 634. The van der Waals surface area contributed by atoms with Crippen molar-refractivity contribution in [1.29, 1.82) is 0 Å². The highest BCUT2D eigenvalue weighted by molar-refractivity contribution is 5.93. The molecule has 0 aliphatic heterocycles. The van der Waals surface area contributed by atoms with Crippen LogP contribution < -0.4 is 22.1 Å². The number of anilines is 1. The van der Waals surface area contributed by atoms with Crippen LogP contribution in [0.4, 0.5) is 5.69 Å². The van der Waals surface area contributed by atoms with Crippen LogP contribution in [0.5, 0.6) is 0 Å². The minimum absolute atomic E-state index is 0.0612. The number of carbonyl (C=O) groups is 3. The van der Waals surface area contributed by atoms with Crippen LogP contribution in [-0.4, -0.2) is 28.9 Å². The molecule has 0 spiro atoms. The first-order valence-corrected chi connectivity index (χ1v) is 7.20. The van der Waals surface area contributed by atoms with Crippen molar-refractivity contribution in [3.8, 4) is 12.3 Å². The Morgan fingerprint density at radius 1 is 1.12 bits per heavy atom. The van der Waals surface area contributed by atoms with E-state index in [1.165, 1.54) is 0 Å². The molecule has 0 saturated heterocycles. The summed E-state index contributed by atoms with van der Waals surface area (Å²) in [6.45, 7) is 0. The van der Waals surface area contributed by atoms with E-state index in [-0.39, 0.29) is 25.2 Å². The SMILES string of the molecule is C#CC(CC(=O)O)NC(=O)CCC(=O)Nc1ccc(C(N)N)cc1. The number of hydrogen-bond acceptors (Lipinski definition) is 5. The smallest absolute Gasteiger partial charge is 0.306 e. The van der Waals surface area contributed by atoms with E-state index in [0.29, 0.717) is 5.69 Å². The molecule has 0 fully saturated rings. The minimum Gasteiger partial charge on any atom is -0.481 e. The van der Waals surface area contributed by atoms with Crippen LogP contribution in [0.3, 0.4) is 0 Å². The Kier molecular flexibility index (Phi) is 7.42. The molecule has 1 aromatic rings. The lowest BCUT2D eigenvalue weighted by atomic mass is 10.1. The van der Waals surface area contributed by atoms with Crippen molar-refractivity contribution in [2.45, 2.75) is 31.5 Å². The van der Waals surface area contributed by atoms with Gasteiger partial charge in [-0.2, -0.15) is 0 Å². The van der Waals surface area contributed by atoms with Gasteiger partial charge in [0, 0.05) is 18.5 Å². The molecule has 24 heavy (non-hydrogen) atoms. The number of carboxylic acids is 1. The topological polar surface area (TPSA) is 148 Å². The second-order valence-electron chi connectivity index (χ2n) is 5.08. The van der Waals surface area contributed by atoms with Crippen molar-refractivity contribution in [3.05, 3.63) is 29.8 Å². The van der Waals surface area contributed by atoms with Crippen LogP contribution in [0, 0.1) is 12.3 Å². The number of carbonyl (C=O) groups excluding carboxylic acids is 2. The van der Waals surface area contributed by atoms with Gasteiger partial charge in [-0.15, -0.1) is 6.42 Å². The fraction of sp³-hybridized carbons (Fsp3) is 0.312. The van der Waals surface area contributed by atoms with Crippen molar-refractivity contribution in [3.63, 3.8) is 0 Å². The van der Waals surface area contributed by atoms with Crippen molar-refractivity contribution in [2.75, 3.05) is 5.32 Å². The molecule has 7 N–H and O–H groups in total. The molecule has 128 valence electrons. The fourth-order valence-corrected chi connectivity index (χ4v) is 1.83. The van der Waals surface area contributed by atoms with Gasteiger partial charge in [0.2, 0.25) is 11.8 Å². The zero-order valence-corrected chi connectivity index (χ0v) is 13.0. The number of aliphatic carboxylic acids is 1. The molecule has 8 heteroatoms. The average Bonchev–Trinajstić information content (AvgIpc) is 2.52. The molecule has 1 rings (SSSR count). The number of rotatable bonds is 8. The van der Waals surface area contributed by atoms with Gasteiger partial charge >= 0.3 is 5.97 Å². The van der Waals surface area contributed by atoms with Crippen LogP contribution in [-0.2, 0) is 14.4 Å². The summed E-state index contributed by atoms with van der Waals surface area (Å²) in [6, 6.07) is 5.79. The van der Waals surface area contributed by atoms with E-state index >= 15 is 0 Å². The maximum Gasteiger partial charge on any atom is 0.306 e. The molecular weight excluding hydrogens is 312 g/mol. The van der Waals surface area contributed by atoms with Crippen molar-refractivity contribution in [1.82, 2.24) is 5.32 Å². The molecule has 0 saturated carbocycles. The second kappa shape index (κ2) is 9.29. The van der Waals surface area contributed by atoms with E-state index in [2.05, 4.69) is 16.6 Å². The highest BCUT2D eigenvalue weighted by Crippen LogP contribution is 2.12. The summed E-state index contributed by atoms with van der Waals surface area (Å²) in [7, 11) is 0. The molecule has 2 amide bonds. The molecule has 1 aromatic carbocycles. The Balaban J connectivity index is 2.41. The first-order chi connectivity index (χ1) is 11.3. The predicted molar refractivity (Wildman–Crippen MR) is 88.4 cm³/mol. The Labute approximate surface area is 139 Å². The molecule has 0 heterocycles. The highest BCUT2D eigenvalue weighted by atomic mass is 16.4. The Hall–Kier alpha value is -2.89. The van der Waals surface area contributed by atoms with Gasteiger partial charge in [0.1, 0.15) is 6.04 Å². The van der Waals surface area contributed by atoms with Gasteiger partial charge in [-0.25, -0.2) is 0 Å². The summed E-state index contributed by atoms with van der Waals surface area (Å²) in [4.78, 5) is 34.0. The molecule has 0 aliphatic carbocycles. The number of nitrogens with one attached hydrogen (secondary N) is 2. The van der Waals surface area contributed by atoms with E-state index < -0.39 is 24.1 Å². The first kappa shape index (κ1) is 19.2.